The second-order valence-electron chi connectivity index (χ2n) is 6.20. The maximum atomic E-state index is 5.64. The van der Waals surface area contributed by atoms with Crippen LogP contribution in [0.3, 0.4) is 0 Å². The minimum absolute atomic E-state index is 0.932. The van der Waals surface area contributed by atoms with E-state index in [1.807, 2.05) is 26.0 Å². The Hall–Kier alpha value is -0.566. The highest BCUT2D eigenvalue weighted by Gasteiger charge is 2.16. The fourth-order valence-electron chi connectivity index (χ4n) is 0.880. The summed E-state index contributed by atoms with van der Waals surface area (Å²) in [5, 5.41) is 0. The van der Waals surface area contributed by atoms with Gasteiger partial charge >= 0.3 is 0 Å². The molecule has 0 amide bonds. The van der Waals surface area contributed by atoms with Crippen molar-refractivity contribution in [2.24, 2.45) is 0 Å². The molecule has 0 aliphatic heterocycles. The van der Waals surface area contributed by atoms with E-state index in [9.17, 15) is 0 Å². The van der Waals surface area contributed by atoms with Crippen molar-refractivity contribution >= 4 is 16.6 Å². The standard InChI is InChI=1S/C12H28N2O2Si2/c1-9-12(14-16-18(6,7)8)10-11(2)13-15-17(3,4)5/h9-10,13-14H,1-8H3. The van der Waals surface area contributed by atoms with Crippen molar-refractivity contribution < 1.29 is 9.05 Å². The Bertz CT molecular complexity index is 315. The average Bonchev–Trinajstić information content (AvgIpc) is 2.19. The van der Waals surface area contributed by atoms with Crippen molar-refractivity contribution in [2.75, 3.05) is 0 Å². The van der Waals surface area contributed by atoms with Crippen LogP contribution in [-0.2, 0) is 9.05 Å². The average molecular weight is 289 g/mol. The highest BCUT2D eigenvalue weighted by atomic mass is 28.4. The second kappa shape index (κ2) is 7.13. The molecule has 0 saturated carbocycles. The molecule has 0 rings (SSSR count). The molecule has 0 aromatic carbocycles. The summed E-state index contributed by atoms with van der Waals surface area (Å²) in [5.74, 6) is 0. The summed E-state index contributed by atoms with van der Waals surface area (Å²) in [6.45, 7) is 16.8. The van der Waals surface area contributed by atoms with Gasteiger partial charge in [-0.05, 0) is 59.2 Å². The second-order valence-corrected chi connectivity index (χ2v) is 15.1. The van der Waals surface area contributed by atoms with Crippen molar-refractivity contribution in [1.29, 1.82) is 0 Å². The van der Waals surface area contributed by atoms with Crippen LogP contribution in [0.15, 0.2) is 23.5 Å². The fourth-order valence-corrected chi connectivity index (χ4v) is 1.77. The lowest BCUT2D eigenvalue weighted by Crippen LogP contribution is -2.34. The number of allylic oxidation sites excluding steroid dienone is 3. The van der Waals surface area contributed by atoms with Gasteiger partial charge in [-0.2, -0.15) is 0 Å². The maximum Gasteiger partial charge on any atom is 0.220 e. The Morgan fingerprint density at radius 2 is 1.33 bits per heavy atom. The van der Waals surface area contributed by atoms with E-state index in [2.05, 4.69) is 50.2 Å². The first-order chi connectivity index (χ1) is 8.03. The molecule has 0 aliphatic carbocycles. The van der Waals surface area contributed by atoms with Gasteiger partial charge in [0.2, 0.25) is 16.6 Å². The van der Waals surface area contributed by atoms with Crippen LogP contribution in [0, 0.1) is 0 Å². The number of nitrogens with one attached hydrogen (secondary N) is 2. The lowest BCUT2D eigenvalue weighted by Gasteiger charge is -2.20. The maximum absolute atomic E-state index is 5.64. The van der Waals surface area contributed by atoms with E-state index in [0.717, 1.165) is 11.4 Å². The van der Waals surface area contributed by atoms with Gasteiger partial charge in [-0.25, -0.2) is 0 Å². The molecular weight excluding hydrogens is 260 g/mol. The molecule has 18 heavy (non-hydrogen) atoms. The molecule has 4 nitrogen and oxygen atoms in total. The van der Waals surface area contributed by atoms with Crippen LogP contribution >= 0.6 is 0 Å². The highest BCUT2D eigenvalue weighted by Crippen LogP contribution is 2.05. The molecule has 0 spiro atoms. The molecular formula is C12H28N2O2Si2. The van der Waals surface area contributed by atoms with Crippen LogP contribution in [0.5, 0.6) is 0 Å². The molecule has 0 saturated heterocycles. The van der Waals surface area contributed by atoms with Gasteiger partial charge < -0.3 is 9.05 Å². The summed E-state index contributed by atoms with van der Waals surface area (Å²) in [6.07, 6.45) is 3.94. The zero-order valence-electron chi connectivity index (χ0n) is 13.0. The quantitative estimate of drug-likeness (QED) is 0.427. The number of hydrogen-bond acceptors (Lipinski definition) is 4. The van der Waals surface area contributed by atoms with Gasteiger partial charge in [-0.3, -0.25) is 11.0 Å². The summed E-state index contributed by atoms with van der Waals surface area (Å²) < 4.78 is 11.3. The van der Waals surface area contributed by atoms with Gasteiger partial charge in [0, 0.05) is 5.70 Å². The predicted octanol–water partition coefficient (Wildman–Crippen LogP) is 3.51. The molecule has 0 aromatic heterocycles. The molecule has 0 radical (unpaired) electrons. The first-order valence-electron chi connectivity index (χ1n) is 6.26. The molecule has 0 aliphatic rings. The molecule has 0 unspecified atom stereocenters. The molecule has 0 aromatic rings. The summed E-state index contributed by atoms with van der Waals surface area (Å²) >= 11 is 0. The van der Waals surface area contributed by atoms with Gasteiger partial charge in [0.1, 0.15) is 0 Å². The zero-order valence-corrected chi connectivity index (χ0v) is 15.0. The molecule has 0 heterocycles. The van der Waals surface area contributed by atoms with Gasteiger partial charge in [-0.1, -0.05) is 6.08 Å². The third kappa shape index (κ3) is 10.6. The van der Waals surface area contributed by atoms with Crippen LogP contribution in [0.1, 0.15) is 13.8 Å². The van der Waals surface area contributed by atoms with Gasteiger partial charge in [-0.15, -0.1) is 0 Å². The normalized spacial score (nSPS) is 14.7. The molecule has 0 fully saturated rings. The van der Waals surface area contributed by atoms with E-state index in [1.54, 1.807) is 0 Å². The first-order valence-corrected chi connectivity index (χ1v) is 13.1. The largest absolute Gasteiger partial charge is 0.323 e. The number of hydroxylamine groups is 2. The van der Waals surface area contributed by atoms with Gasteiger partial charge in [0.05, 0.1) is 5.70 Å². The van der Waals surface area contributed by atoms with Crippen molar-refractivity contribution in [3.8, 4) is 0 Å². The minimum atomic E-state index is -1.56. The van der Waals surface area contributed by atoms with Crippen LogP contribution in [0.4, 0.5) is 0 Å². The van der Waals surface area contributed by atoms with Crippen molar-refractivity contribution in [1.82, 2.24) is 11.0 Å². The Kier molecular flexibility index (Phi) is 6.90. The number of hydrogen-bond donors (Lipinski definition) is 2. The highest BCUT2D eigenvalue weighted by molar-refractivity contribution is 6.69. The first kappa shape index (κ1) is 17.4. The van der Waals surface area contributed by atoms with Crippen molar-refractivity contribution in [3.63, 3.8) is 0 Å². The molecule has 0 atom stereocenters. The van der Waals surface area contributed by atoms with Crippen LogP contribution in [0.25, 0.3) is 0 Å². The monoisotopic (exact) mass is 288 g/mol. The third-order valence-electron chi connectivity index (χ3n) is 1.68. The smallest absolute Gasteiger partial charge is 0.220 e. The Labute approximate surface area is 114 Å². The molecule has 106 valence electrons. The summed E-state index contributed by atoms with van der Waals surface area (Å²) in [5.41, 5.74) is 7.87. The topological polar surface area (TPSA) is 42.5 Å². The van der Waals surface area contributed by atoms with Crippen LogP contribution < -0.4 is 11.0 Å². The third-order valence-corrected chi connectivity index (χ3v) is 3.11. The lowest BCUT2D eigenvalue weighted by molar-refractivity contribution is 0.216. The van der Waals surface area contributed by atoms with Crippen molar-refractivity contribution in [2.45, 2.75) is 53.1 Å². The predicted molar refractivity (Wildman–Crippen MR) is 82.6 cm³/mol. The Morgan fingerprint density at radius 3 is 1.72 bits per heavy atom. The fraction of sp³-hybridized carbons (Fsp3) is 0.667. The van der Waals surface area contributed by atoms with Gasteiger partial charge in [0.15, 0.2) is 0 Å². The van der Waals surface area contributed by atoms with E-state index in [0.29, 0.717) is 0 Å². The van der Waals surface area contributed by atoms with E-state index >= 15 is 0 Å². The molecule has 6 heteroatoms. The van der Waals surface area contributed by atoms with Gasteiger partial charge in [0.25, 0.3) is 0 Å². The lowest BCUT2D eigenvalue weighted by atomic mass is 10.3. The van der Waals surface area contributed by atoms with Crippen molar-refractivity contribution in [3.05, 3.63) is 23.5 Å². The van der Waals surface area contributed by atoms with Crippen LogP contribution in [0.2, 0.25) is 39.3 Å². The van der Waals surface area contributed by atoms with Crippen LogP contribution in [-0.4, -0.2) is 16.6 Å². The minimum Gasteiger partial charge on any atom is -0.323 e. The van der Waals surface area contributed by atoms with E-state index in [4.69, 9.17) is 9.05 Å². The Balaban J connectivity index is 4.34. The SMILES string of the molecule is CC=C(C=C(C)NO[Si](C)(C)C)NO[Si](C)(C)C. The van der Waals surface area contributed by atoms with E-state index in [-0.39, 0.29) is 0 Å². The van der Waals surface area contributed by atoms with E-state index in [1.165, 1.54) is 0 Å². The Morgan fingerprint density at radius 1 is 0.889 bits per heavy atom. The van der Waals surface area contributed by atoms with E-state index < -0.39 is 16.6 Å². The number of rotatable bonds is 7. The molecule has 2 N–H and O–H groups in total. The summed E-state index contributed by atoms with van der Waals surface area (Å²) in [6, 6.07) is 0. The molecule has 0 bridgehead atoms. The summed E-state index contributed by atoms with van der Waals surface area (Å²) in [7, 11) is -3.11. The summed E-state index contributed by atoms with van der Waals surface area (Å²) in [4.78, 5) is 0. The zero-order chi connectivity index (χ0) is 14.4.